The van der Waals surface area contributed by atoms with Crippen LogP contribution in [-0.2, 0) is 0 Å². The highest BCUT2D eigenvalue weighted by atomic mass is 32.1. The second-order valence-corrected chi connectivity index (χ2v) is 6.07. The second kappa shape index (κ2) is 5.28. The van der Waals surface area contributed by atoms with Crippen molar-refractivity contribution in [1.82, 2.24) is 4.98 Å². The van der Waals surface area contributed by atoms with E-state index >= 15 is 0 Å². The molecule has 1 heterocycles. The molecule has 1 aromatic heterocycles. The van der Waals surface area contributed by atoms with E-state index in [0.717, 1.165) is 12.5 Å². The topological polar surface area (TPSA) is 38.9 Å². The summed E-state index contributed by atoms with van der Waals surface area (Å²) in [6, 6.07) is 0. The Balaban J connectivity index is 2.11. The molecule has 0 bridgehead atoms. The molecule has 0 spiro atoms. The number of nitrogens with zero attached hydrogens (tertiary/aromatic N) is 1. The summed E-state index contributed by atoms with van der Waals surface area (Å²) in [4.78, 5) is 4.82. The van der Waals surface area contributed by atoms with Gasteiger partial charge in [0, 0.05) is 23.8 Å². The van der Waals surface area contributed by atoms with Crippen molar-refractivity contribution < 1.29 is 0 Å². The van der Waals surface area contributed by atoms with Crippen LogP contribution in [0, 0.1) is 5.92 Å². The van der Waals surface area contributed by atoms with E-state index in [0.29, 0.717) is 11.8 Å². The van der Waals surface area contributed by atoms with Crippen LogP contribution in [0.15, 0.2) is 5.38 Å². The fourth-order valence-electron chi connectivity index (χ4n) is 2.54. The van der Waals surface area contributed by atoms with E-state index in [4.69, 9.17) is 10.7 Å². The van der Waals surface area contributed by atoms with Gasteiger partial charge in [0.1, 0.15) is 0 Å². The average Bonchev–Trinajstić information content (AvgIpc) is 2.86. The van der Waals surface area contributed by atoms with Crippen LogP contribution in [0.1, 0.15) is 62.1 Å². The SMILES string of the molecule is CC(C)C(CN)c1nc(C2CCCC2)cs1. The molecule has 90 valence electrons. The lowest BCUT2D eigenvalue weighted by Crippen LogP contribution is -2.17. The van der Waals surface area contributed by atoms with Gasteiger partial charge in [-0.1, -0.05) is 26.7 Å². The first-order valence-electron chi connectivity index (χ1n) is 6.37. The zero-order valence-electron chi connectivity index (χ0n) is 10.3. The summed E-state index contributed by atoms with van der Waals surface area (Å²) in [5.74, 6) is 1.77. The van der Waals surface area contributed by atoms with Gasteiger partial charge in [-0.05, 0) is 18.8 Å². The lowest BCUT2D eigenvalue weighted by Gasteiger charge is -2.15. The molecular weight excluding hydrogens is 216 g/mol. The lowest BCUT2D eigenvalue weighted by molar-refractivity contribution is 0.502. The average molecular weight is 238 g/mol. The van der Waals surface area contributed by atoms with Crippen LogP contribution in [-0.4, -0.2) is 11.5 Å². The second-order valence-electron chi connectivity index (χ2n) is 5.18. The van der Waals surface area contributed by atoms with E-state index in [1.807, 2.05) is 0 Å². The quantitative estimate of drug-likeness (QED) is 0.872. The monoisotopic (exact) mass is 238 g/mol. The molecule has 0 saturated heterocycles. The number of aromatic nitrogens is 1. The van der Waals surface area contributed by atoms with Gasteiger partial charge in [0.15, 0.2) is 0 Å². The van der Waals surface area contributed by atoms with E-state index in [1.165, 1.54) is 36.4 Å². The van der Waals surface area contributed by atoms with E-state index < -0.39 is 0 Å². The minimum Gasteiger partial charge on any atom is -0.330 e. The minimum absolute atomic E-state index is 0.445. The highest BCUT2D eigenvalue weighted by Crippen LogP contribution is 2.36. The third-order valence-corrected chi connectivity index (χ3v) is 4.68. The molecule has 1 aromatic rings. The molecule has 1 fully saturated rings. The number of rotatable bonds is 4. The predicted molar refractivity (Wildman–Crippen MR) is 70.0 cm³/mol. The molecule has 2 nitrogen and oxygen atoms in total. The van der Waals surface area contributed by atoms with Crippen molar-refractivity contribution in [2.45, 2.75) is 51.4 Å². The van der Waals surface area contributed by atoms with Gasteiger partial charge in [-0.15, -0.1) is 11.3 Å². The Bertz CT molecular complexity index is 326. The Hall–Kier alpha value is -0.410. The first kappa shape index (κ1) is 12.1. The predicted octanol–water partition coefficient (Wildman–Crippen LogP) is 3.50. The third kappa shape index (κ3) is 2.46. The summed E-state index contributed by atoms with van der Waals surface area (Å²) in [6.07, 6.45) is 5.42. The standard InChI is InChI=1S/C13H22N2S/c1-9(2)11(7-14)13-15-12(8-16-13)10-5-3-4-6-10/h8-11H,3-7,14H2,1-2H3. The van der Waals surface area contributed by atoms with Gasteiger partial charge in [0.2, 0.25) is 0 Å². The van der Waals surface area contributed by atoms with Gasteiger partial charge in [0.05, 0.1) is 10.7 Å². The molecule has 1 atom stereocenters. The van der Waals surface area contributed by atoms with Crippen LogP contribution < -0.4 is 5.73 Å². The molecule has 0 radical (unpaired) electrons. The molecule has 1 aliphatic rings. The Labute approximate surface area is 102 Å². The highest BCUT2D eigenvalue weighted by Gasteiger charge is 2.22. The van der Waals surface area contributed by atoms with E-state index in [9.17, 15) is 0 Å². The molecule has 1 aliphatic carbocycles. The molecule has 0 amide bonds. The van der Waals surface area contributed by atoms with Crippen molar-refractivity contribution in [2.75, 3.05) is 6.54 Å². The van der Waals surface area contributed by atoms with E-state index in [2.05, 4.69) is 19.2 Å². The number of hydrogen-bond donors (Lipinski definition) is 1. The molecule has 0 aromatic carbocycles. The zero-order valence-corrected chi connectivity index (χ0v) is 11.1. The zero-order chi connectivity index (χ0) is 11.5. The van der Waals surface area contributed by atoms with Gasteiger partial charge >= 0.3 is 0 Å². The fourth-order valence-corrected chi connectivity index (χ4v) is 3.73. The van der Waals surface area contributed by atoms with E-state index in [-0.39, 0.29) is 0 Å². The summed E-state index contributed by atoms with van der Waals surface area (Å²) < 4.78 is 0. The highest BCUT2D eigenvalue weighted by molar-refractivity contribution is 7.09. The minimum atomic E-state index is 0.445. The largest absolute Gasteiger partial charge is 0.330 e. The molecule has 2 N–H and O–H groups in total. The maximum Gasteiger partial charge on any atom is 0.0974 e. The van der Waals surface area contributed by atoms with Gasteiger partial charge in [-0.25, -0.2) is 4.98 Å². The van der Waals surface area contributed by atoms with Crippen molar-refractivity contribution >= 4 is 11.3 Å². The van der Waals surface area contributed by atoms with Gasteiger partial charge in [-0.2, -0.15) is 0 Å². The fraction of sp³-hybridized carbons (Fsp3) is 0.769. The van der Waals surface area contributed by atoms with Crippen LogP contribution in [0.5, 0.6) is 0 Å². The lowest BCUT2D eigenvalue weighted by atomic mass is 9.97. The Morgan fingerprint density at radius 2 is 2.12 bits per heavy atom. The van der Waals surface area contributed by atoms with Crippen molar-refractivity contribution in [3.63, 3.8) is 0 Å². The van der Waals surface area contributed by atoms with E-state index in [1.54, 1.807) is 11.3 Å². The first-order valence-corrected chi connectivity index (χ1v) is 7.25. The van der Waals surface area contributed by atoms with Gasteiger partial charge in [0.25, 0.3) is 0 Å². The van der Waals surface area contributed by atoms with Crippen LogP contribution in [0.2, 0.25) is 0 Å². The normalized spacial score (nSPS) is 19.5. The summed E-state index contributed by atoms with van der Waals surface area (Å²) in [5.41, 5.74) is 7.17. The third-order valence-electron chi connectivity index (χ3n) is 3.69. The number of nitrogens with two attached hydrogens (primary N) is 1. The molecule has 2 rings (SSSR count). The Morgan fingerprint density at radius 1 is 1.44 bits per heavy atom. The van der Waals surface area contributed by atoms with Crippen LogP contribution >= 0.6 is 11.3 Å². The summed E-state index contributed by atoms with van der Waals surface area (Å²) >= 11 is 1.81. The summed E-state index contributed by atoms with van der Waals surface area (Å²) in [5, 5.41) is 3.51. The van der Waals surface area contributed by atoms with Crippen molar-refractivity contribution in [1.29, 1.82) is 0 Å². The van der Waals surface area contributed by atoms with Gasteiger partial charge in [-0.3, -0.25) is 0 Å². The molecule has 16 heavy (non-hydrogen) atoms. The maximum atomic E-state index is 5.84. The summed E-state index contributed by atoms with van der Waals surface area (Å²) in [6.45, 7) is 5.18. The van der Waals surface area contributed by atoms with Crippen molar-refractivity contribution in [2.24, 2.45) is 11.7 Å². The maximum absolute atomic E-state index is 5.84. The molecule has 1 unspecified atom stereocenters. The van der Waals surface area contributed by atoms with Gasteiger partial charge < -0.3 is 5.73 Å². The van der Waals surface area contributed by atoms with Crippen molar-refractivity contribution in [3.05, 3.63) is 16.1 Å². The number of thiazole rings is 1. The molecule has 1 saturated carbocycles. The summed E-state index contributed by atoms with van der Waals surface area (Å²) in [7, 11) is 0. The smallest absolute Gasteiger partial charge is 0.0974 e. The van der Waals surface area contributed by atoms with Crippen LogP contribution in [0.25, 0.3) is 0 Å². The number of hydrogen-bond acceptors (Lipinski definition) is 3. The molecular formula is C13H22N2S. The Morgan fingerprint density at radius 3 is 2.69 bits per heavy atom. The van der Waals surface area contributed by atoms with Crippen LogP contribution in [0.4, 0.5) is 0 Å². The van der Waals surface area contributed by atoms with Crippen LogP contribution in [0.3, 0.4) is 0 Å². The van der Waals surface area contributed by atoms with Crippen molar-refractivity contribution in [3.8, 4) is 0 Å². The molecule has 0 aliphatic heterocycles. The Kier molecular flexibility index (Phi) is 3.98. The first-order chi connectivity index (χ1) is 7.72. The molecule has 3 heteroatoms.